The molecule has 6 nitrogen and oxygen atoms in total. The number of aromatic nitrogens is 1. The first kappa shape index (κ1) is 24.0. The van der Waals surface area contributed by atoms with Crippen molar-refractivity contribution in [1.82, 2.24) is 4.98 Å². The van der Waals surface area contributed by atoms with Crippen LogP contribution in [-0.4, -0.2) is 40.9 Å². The summed E-state index contributed by atoms with van der Waals surface area (Å²) in [5.41, 5.74) is -0.409. The molecule has 9 heteroatoms. The zero-order chi connectivity index (χ0) is 25.8. The fourth-order valence-electron chi connectivity index (χ4n) is 4.79. The number of aryl methyl sites for hydroxylation is 1. The Kier molecular flexibility index (Phi) is 5.63. The summed E-state index contributed by atoms with van der Waals surface area (Å²) in [6.07, 6.45) is 1.10. The predicted molar refractivity (Wildman–Crippen MR) is 128 cm³/mol. The molecule has 1 N–H and O–H groups in total. The molecule has 2 amide bonds. The third-order valence-corrected chi connectivity index (χ3v) is 7.00. The Morgan fingerprint density at radius 1 is 1.08 bits per heavy atom. The number of nitrogens with zero attached hydrogens (tertiary/aromatic N) is 3. The molecule has 186 valence electrons. The molecule has 1 atom stereocenters. The van der Waals surface area contributed by atoms with Crippen LogP contribution in [0.3, 0.4) is 0 Å². The molecule has 36 heavy (non-hydrogen) atoms. The van der Waals surface area contributed by atoms with Crippen molar-refractivity contribution in [3.8, 4) is 0 Å². The lowest BCUT2D eigenvalue weighted by Gasteiger charge is -2.32. The molecule has 0 aliphatic carbocycles. The van der Waals surface area contributed by atoms with Gasteiger partial charge in [-0.1, -0.05) is 23.8 Å². The van der Waals surface area contributed by atoms with Crippen molar-refractivity contribution in [3.63, 3.8) is 0 Å². The monoisotopic (exact) mass is 495 g/mol. The van der Waals surface area contributed by atoms with E-state index in [-0.39, 0.29) is 34.8 Å². The summed E-state index contributed by atoms with van der Waals surface area (Å²) in [5, 5.41) is 10.8. The van der Waals surface area contributed by atoms with E-state index in [4.69, 9.17) is 0 Å². The minimum absolute atomic E-state index is 0.0206. The van der Waals surface area contributed by atoms with Crippen LogP contribution in [0.25, 0.3) is 0 Å². The van der Waals surface area contributed by atoms with Crippen molar-refractivity contribution >= 4 is 23.3 Å². The molecule has 1 aromatic heterocycles. The van der Waals surface area contributed by atoms with E-state index in [1.165, 1.54) is 46.3 Å². The Morgan fingerprint density at radius 3 is 2.58 bits per heavy atom. The molecule has 0 fully saturated rings. The van der Waals surface area contributed by atoms with Gasteiger partial charge in [0, 0.05) is 36.8 Å². The molecule has 3 heterocycles. The number of pyridine rings is 1. The molecule has 0 spiro atoms. The van der Waals surface area contributed by atoms with Gasteiger partial charge in [0.25, 0.3) is 17.7 Å². The molecule has 0 saturated heterocycles. The third kappa shape index (κ3) is 3.83. The summed E-state index contributed by atoms with van der Waals surface area (Å²) < 4.78 is 43.4. The lowest BCUT2D eigenvalue weighted by Crippen LogP contribution is -2.42. The molecule has 5 rings (SSSR count). The number of anilines is 2. The maximum atomic E-state index is 14.9. The lowest BCUT2D eigenvalue weighted by molar-refractivity contribution is -0.177. The van der Waals surface area contributed by atoms with Gasteiger partial charge in [0.2, 0.25) is 0 Å². The number of fused-ring (bicyclic) bond motifs is 2. The molecule has 2 aliphatic rings. The van der Waals surface area contributed by atoms with Gasteiger partial charge in [-0.2, -0.15) is 0 Å². The number of rotatable bonds is 2. The van der Waals surface area contributed by atoms with E-state index >= 15 is 0 Å². The van der Waals surface area contributed by atoms with Crippen molar-refractivity contribution in [2.75, 3.05) is 22.9 Å². The van der Waals surface area contributed by atoms with Crippen LogP contribution in [0.2, 0.25) is 0 Å². The fourth-order valence-corrected chi connectivity index (χ4v) is 4.79. The van der Waals surface area contributed by atoms with Crippen LogP contribution in [-0.2, 0) is 12.0 Å². The maximum absolute atomic E-state index is 14.9. The molecule has 0 saturated carbocycles. The first-order valence-electron chi connectivity index (χ1n) is 11.6. The lowest BCUT2D eigenvalue weighted by atomic mass is 9.87. The average Bonchev–Trinajstić information content (AvgIpc) is 2.92. The van der Waals surface area contributed by atoms with Crippen molar-refractivity contribution in [2.24, 2.45) is 0 Å². The molecule has 0 unspecified atom stereocenters. The number of carbonyl (C=O) groups excluding carboxylic acids is 2. The molecule has 2 aromatic carbocycles. The Morgan fingerprint density at radius 2 is 1.86 bits per heavy atom. The fraction of sp³-hybridized carbons (Fsp3) is 0.296. The van der Waals surface area contributed by atoms with Crippen LogP contribution in [0.1, 0.15) is 50.8 Å². The highest BCUT2D eigenvalue weighted by atomic mass is 19.3. The maximum Gasteiger partial charge on any atom is 0.281 e. The number of hydrogen-bond acceptors (Lipinski definition) is 4. The molecule has 0 radical (unpaired) electrons. The molecular weight excluding hydrogens is 471 g/mol. The number of aliphatic hydroxyl groups is 1. The molecule has 0 bridgehead atoms. The van der Waals surface area contributed by atoms with Gasteiger partial charge >= 0.3 is 0 Å². The Labute approximate surface area is 206 Å². The Hall–Kier alpha value is -3.72. The van der Waals surface area contributed by atoms with Gasteiger partial charge < -0.3 is 10.0 Å². The molecule has 3 aromatic rings. The minimum Gasteiger partial charge on any atom is -0.379 e. The Balaban J connectivity index is 1.45. The Bertz CT molecular complexity index is 1370. The highest BCUT2D eigenvalue weighted by molar-refractivity contribution is 6.09. The van der Waals surface area contributed by atoms with Crippen molar-refractivity contribution < 1.29 is 27.9 Å². The largest absolute Gasteiger partial charge is 0.379 e. The zero-order valence-corrected chi connectivity index (χ0v) is 19.8. The number of alkyl halides is 2. The van der Waals surface area contributed by atoms with Gasteiger partial charge in [-0.25, -0.2) is 18.2 Å². The van der Waals surface area contributed by atoms with Crippen LogP contribution < -0.4 is 9.80 Å². The second-order valence-corrected chi connectivity index (χ2v) is 9.42. The van der Waals surface area contributed by atoms with Crippen LogP contribution in [0, 0.1) is 12.7 Å². The normalized spacial score (nSPS) is 21.0. The van der Waals surface area contributed by atoms with Crippen molar-refractivity contribution in [3.05, 3.63) is 88.4 Å². The van der Waals surface area contributed by atoms with E-state index in [1.807, 2.05) is 0 Å². The second-order valence-electron chi connectivity index (χ2n) is 9.42. The predicted octanol–water partition coefficient (Wildman–Crippen LogP) is 4.63. The highest BCUT2D eigenvalue weighted by Gasteiger charge is 2.53. The summed E-state index contributed by atoms with van der Waals surface area (Å²) in [6.45, 7) is 2.84. The van der Waals surface area contributed by atoms with E-state index in [0.717, 1.165) is 12.5 Å². The van der Waals surface area contributed by atoms with Gasteiger partial charge in [0.15, 0.2) is 5.60 Å². The molecular formula is C27H24F3N3O3. The number of amides is 2. The van der Waals surface area contributed by atoms with Gasteiger partial charge in [-0.15, -0.1) is 0 Å². The molecule has 2 aliphatic heterocycles. The standard InChI is InChI=1S/C27H24F3N3O3/c1-16-3-7-22-21(13-16)26(2,36)27(29,30)10-12-32(22)24(34)18-5-8-23(31-15-18)33-11-9-17-4-6-19(28)14-20(17)25(33)35/h3-8,13-15,36H,9-12H2,1-2H3/t26-/m1/s1. The number of carbonyl (C=O) groups is 2. The van der Waals surface area contributed by atoms with Crippen LogP contribution in [0.4, 0.5) is 24.7 Å². The third-order valence-electron chi connectivity index (χ3n) is 7.00. The minimum atomic E-state index is -3.45. The van der Waals surface area contributed by atoms with E-state index in [1.54, 1.807) is 25.1 Å². The summed E-state index contributed by atoms with van der Waals surface area (Å²) in [7, 11) is 0. The number of hydrogen-bond donors (Lipinski definition) is 1. The summed E-state index contributed by atoms with van der Waals surface area (Å²) >= 11 is 0. The van der Waals surface area contributed by atoms with Crippen LogP contribution in [0.5, 0.6) is 0 Å². The van der Waals surface area contributed by atoms with E-state index in [2.05, 4.69) is 4.98 Å². The van der Waals surface area contributed by atoms with Crippen LogP contribution in [0.15, 0.2) is 54.7 Å². The second kappa shape index (κ2) is 8.44. The average molecular weight is 496 g/mol. The quantitative estimate of drug-likeness (QED) is 0.563. The summed E-state index contributed by atoms with van der Waals surface area (Å²) in [5.74, 6) is -4.59. The SMILES string of the molecule is Cc1ccc2c(c1)[C@@](C)(O)C(F)(F)CCN2C(=O)c1ccc(N2CCc3ccc(F)cc3C2=O)nc1. The smallest absolute Gasteiger partial charge is 0.281 e. The zero-order valence-electron chi connectivity index (χ0n) is 19.8. The van der Waals surface area contributed by atoms with Crippen LogP contribution >= 0.6 is 0 Å². The van der Waals surface area contributed by atoms with Gasteiger partial charge in [0.05, 0.1) is 11.3 Å². The van der Waals surface area contributed by atoms with Gasteiger partial charge in [-0.3, -0.25) is 14.5 Å². The van der Waals surface area contributed by atoms with E-state index in [0.29, 0.717) is 24.3 Å². The number of benzene rings is 2. The summed E-state index contributed by atoms with van der Waals surface area (Å²) in [4.78, 5) is 33.2. The number of halogens is 3. The van der Waals surface area contributed by atoms with Gasteiger partial charge in [-0.05, 0) is 56.2 Å². The topological polar surface area (TPSA) is 73.7 Å². The van der Waals surface area contributed by atoms with Crippen molar-refractivity contribution in [2.45, 2.75) is 38.2 Å². The first-order chi connectivity index (χ1) is 17.0. The first-order valence-corrected chi connectivity index (χ1v) is 11.6. The van der Waals surface area contributed by atoms with E-state index in [9.17, 15) is 27.9 Å². The highest BCUT2D eigenvalue weighted by Crippen LogP contribution is 2.46. The summed E-state index contributed by atoms with van der Waals surface area (Å²) in [6, 6.07) is 11.8. The van der Waals surface area contributed by atoms with Crippen molar-refractivity contribution in [1.29, 1.82) is 0 Å². The van der Waals surface area contributed by atoms with Gasteiger partial charge in [0.1, 0.15) is 11.6 Å². The van der Waals surface area contributed by atoms with E-state index < -0.39 is 29.7 Å².